The third-order valence-electron chi connectivity index (χ3n) is 17.5. The Bertz CT molecular complexity index is 1270. The fourth-order valence-corrected chi connectivity index (χ4v) is 11.8. The summed E-state index contributed by atoms with van der Waals surface area (Å²) in [5.74, 6) is -0.0387. The molecule has 0 heterocycles. The van der Waals surface area contributed by atoms with Crippen LogP contribution in [-0.4, -0.2) is 47.4 Å². The van der Waals surface area contributed by atoms with Crippen molar-refractivity contribution in [2.45, 2.75) is 431 Å². The van der Waals surface area contributed by atoms with Crippen molar-refractivity contribution in [3.05, 3.63) is 24.3 Å². The predicted molar refractivity (Wildman–Crippen MR) is 356 cm³/mol. The van der Waals surface area contributed by atoms with Crippen LogP contribution in [-0.2, 0) is 14.3 Å². The largest absolute Gasteiger partial charge is 0.466 e. The number of amides is 1. The first kappa shape index (κ1) is 79.3. The van der Waals surface area contributed by atoms with E-state index in [0.717, 1.165) is 38.5 Å². The number of carbonyl (C=O) groups is 2. The first-order chi connectivity index (χ1) is 40.0. The fourth-order valence-electron chi connectivity index (χ4n) is 11.8. The van der Waals surface area contributed by atoms with Gasteiger partial charge in [-0.25, -0.2) is 0 Å². The Kier molecular flexibility index (Phi) is 69.4. The number of nitrogens with one attached hydrogen (secondary N) is 1. The number of rotatable bonds is 70. The Morgan fingerprint density at radius 1 is 0.333 bits per heavy atom. The van der Waals surface area contributed by atoms with E-state index in [-0.39, 0.29) is 18.5 Å². The van der Waals surface area contributed by atoms with Crippen LogP contribution in [0.3, 0.4) is 0 Å². The maximum absolute atomic E-state index is 12.4. The quantitative estimate of drug-likeness (QED) is 0.0320. The van der Waals surface area contributed by atoms with Gasteiger partial charge in [0.15, 0.2) is 0 Å². The summed E-state index contributed by atoms with van der Waals surface area (Å²) in [4.78, 5) is 24.5. The molecular weight excluding hydrogens is 995 g/mol. The molecule has 0 aromatic rings. The van der Waals surface area contributed by atoms with E-state index >= 15 is 0 Å². The molecule has 2 atom stereocenters. The molecule has 0 aliphatic rings. The van der Waals surface area contributed by atoms with Crippen LogP contribution in [0.25, 0.3) is 0 Å². The van der Waals surface area contributed by atoms with Crippen molar-refractivity contribution in [1.82, 2.24) is 5.32 Å². The molecule has 81 heavy (non-hydrogen) atoms. The van der Waals surface area contributed by atoms with Gasteiger partial charge in [-0.1, -0.05) is 372 Å². The van der Waals surface area contributed by atoms with Crippen molar-refractivity contribution in [3.63, 3.8) is 0 Å². The molecule has 2 unspecified atom stereocenters. The van der Waals surface area contributed by atoms with Gasteiger partial charge < -0.3 is 20.3 Å². The molecule has 0 rings (SSSR count). The summed E-state index contributed by atoms with van der Waals surface area (Å²) in [6, 6.07) is -0.622. The summed E-state index contributed by atoms with van der Waals surface area (Å²) in [5.41, 5.74) is 0. The van der Waals surface area contributed by atoms with E-state index in [9.17, 15) is 19.8 Å². The van der Waals surface area contributed by atoms with Gasteiger partial charge in [0.05, 0.1) is 25.4 Å². The highest BCUT2D eigenvalue weighted by molar-refractivity contribution is 5.76. The molecule has 0 bridgehead atoms. The normalized spacial score (nSPS) is 12.6. The predicted octanol–water partition coefficient (Wildman–Crippen LogP) is 24.1. The molecule has 6 nitrogen and oxygen atoms in total. The van der Waals surface area contributed by atoms with Gasteiger partial charge in [-0.15, -0.1) is 0 Å². The van der Waals surface area contributed by atoms with Crippen molar-refractivity contribution in [1.29, 1.82) is 0 Å². The molecule has 6 heteroatoms. The van der Waals surface area contributed by atoms with Crippen molar-refractivity contribution in [2.24, 2.45) is 0 Å². The van der Waals surface area contributed by atoms with Crippen LogP contribution < -0.4 is 5.32 Å². The summed E-state index contributed by atoms with van der Waals surface area (Å²) in [5, 5.41) is 23.0. The standard InChI is InChI=1S/C75H145NO5/c1-3-5-7-9-11-13-14-15-16-17-40-43-46-49-53-57-61-65-69-75(80)81-70-66-62-58-54-50-47-44-41-38-36-34-32-30-28-26-24-22-20-18-19-21-23-25-27-29-31-33-35-37-39-42-45-48-52-56-60-64-68-74(79)76-72(71-77)73(78)67-63-59-55-51-12-10-8-6-4-2/h18,20,63,67,72-73,77-78H,3-17,19,21-62,64-66,68-71H2,1-2H3,(H,76,79)/b20-18-,67-63+. The summed E-state index contributed by atoms with van der Waals surface area (Å²) >= 11 is 0. The summed E-state index contributed by atoms with van der Waals surface area (Å²) < 4.78 is 5.52. The van der Waals surface area contributed by atoms with E-state index < -0.39 is 12.1 Å². The molecule has 0 fully saturated rings. The van der Waals surface area contributed by atoms with Crippen molar-refractivity contribution >= 4 is 11.9 Å². The Morgan fingerprint density at radius 3 is 0.877 bits per heavy atom. The Hall–Kier alpha value is -1.66. The number of unbranched alkanes of at least 4 members (excludes halogenated alkanes) is 57. The van der Waals surface area contributed by atoms with Gasteiger partial charge in [-0.3, -0.25) is 9.59 Å². The molecule has 3 N–H and O–H groups in total. The van der Waals surface area contributed by atoms with Gasteiger partial charge in [0, 0.05) is 12.8 Å². The number of allylic oxidation sites excluding steroid dienone is 3. The number of ether oxygens (including phenoxy) is 1. The second-order valence-electron chi connectivity index (χ2n) is 25.6. The third-order valence-corrected chi connectivity index (χ3v) is 17.5. The number of aliphatic hydroxyl groups excluding tert-OH is 2. The van der Waals surface area contributed by atoms with Crippen molar-refractivity contribution < 1.29 is 24.5 Å². The number of esters is 1. The lowest BCUT2D eigenvalue weighted by Crippen LogP contribution is -2.45. The minimum absolute atomic E-state index is 0.0263. The van der Waals surface area contributed by atoms with Crippen molar-refractivity contribution in [2.75, 3.05) is 13.2 Å². The second-order valence-corrected chi connectivity index (χ2v) is 25.6. The summed E-state index contributed by atoms with van der Waals surface area (Å²) in [6.07, 6.45) is 90.2. The molecule has 0 aliphatic carbocycles. The van der Waals surface area contributed by atoms with Gasteiger partial charge in [-0.05, 0) is 57.8 Å². The van der Waals surface area contributed by atoms with Gasteiger partial charge in [0.1, 0.15) is 0 Å². The molecule has 0 aromatic heterocycles. The Morgan fingerprint density at radius 2 is 0.580 bits per heavy atom. The zero-order chi connectivity index (χ0) is 58.5. The fraction of sp³-hybridized carbons (Fsp3) is 0.920. The van der Waals surface area contributed by atoms with Crippen LogP contribution in [0.5, 0.6) is 0 Å². The highest BCUT2D eigenvalue weighted by atomic mass is 16.5. The van der Waals surface area contributed by atoms with Crippen LogP contribution in [0.15, 0.2) is 24.3 Å². The maximum atomic E-state index is 12.4. The Labute approximate surface area is 507 Å². The highest BCUT2D eigenvalue weighted by Crippen LogP contribution is 2.19. The van der Waals surface area contributed by atoms with E-state index in [1.165, 1.54) is 353 Å². The second kappa shape index (κ2) is 70.8. The van der Waals surface area contributed by atoms with Crippen LogP contribution in [0.2, 0.25) is 0 Å². The smallest absolute Gasteiger partial charge is 0.305 e. The molecule has 0 aromatic carbocycles. The molecular formula is C75H145NO5. The van der Waals surface area contributed by atoms with E-state index in [4.69, 9.17) is 4.74 Å². The molecule has 480 valence electrons. The highest BCUT2D eigenvalue weighted by Gasteiger charge is 2.18. The zero-order valence-electron chi connectivity index (χ0n) is 55.0. The molecule has 0 saturated carbocycles. The van der Waals surface area contributed by atoms with Crippen LogP contribution in [0, 0.1) is 0 Å². The van der Waals surface area contributed by atoms with Gasteiger partial charge in [-0.2, -0.15) is 0 Å². The van der Waals surface area contributed by atoms with E-state index in [2.05, 4.69) is 31.3 Å². The zero-order valence-corrected chi connectivity index (χ0v) is 55.0. The molecule has 0 spiro atoms. The lowest BCUT2D eigenvalue weighted by atomic mass is 10.0. The Balaban J connectivity index is 3.29. The molecule has 0 radical (unpaired) electrons. The minimum atomic E-state index is -0.839. The summed E-state index contributed by atoms with van der Waals surface area (Å²) in [7, 11) is 0. The number of aliphatic hydroxyl groups is 2. The van der Waals surface area contributed by atoms with Gasteiger partial charge in [0.25, 0.3) is 0 Å². The number of hydrogen-bond acceptors (Lipinski definition) is 5. The number of carbonyl (C=O) groups excluding carboxylic acids is 2. The third kappa shape index (κ3) is 67.3. The first-order valence-electron chi connectivity index (χ1n) is 37.1. The SMILES string of the molecule is CCCCCCCCC/C=C/C(O)C(CO)NC(=O)CCCCCCCCCCCCCCCCCCC/C=C\CCCCCCCCCCCCCCCCCCOC(=O)CCCCCCCCCCCCCCCCCCCC. The van der Waals surface area contributed by atoms with Crippen molar-refractivity contribution in [3.8, 4) is 0 Å². The minimum Gasteiger partial charge on any atom is -0.466 e. The monoisotopic (exact) mass is 1140 g/mol. The van der Waals surface area contributed by atoms with E-state index in [0.29, 0.717) is 19.4 Å². The maximum Gasteiger partial charge on any atom is 0.305 e. The van der Waals surface area contributed by atoms with Crippen LogP contribution in [0.1, 0.15) is 418 Å². The lowest BCUT2D eigenvalue weighted by molar-refractivity contribution is -0.143. The average Bonchev–Trinajstić information content (AvgIpc) is 3.47. The number of hydrogen-bond donors (Lipinski definition) is 3. The molecule has 0 saturated heterocycles. The van der Waals surface area contributed by atoms with Gasteiger partial charge >= 0.3 is 5.97 Å². The molecule has 1 amide bonds. The summed E-state index contributed by atoms with van der Waals surface area (Å²) in [6.45, 7) is 4.92. The van der Waals surface area contributed by atoms with Crippen LogP contribution >= 0.6 is 0 Å². The topological polar surface area (TPSA) is 95.9 Å². The average molecular weight is 1140 g/mol. The first-order valence-corrected chi connectivity index (χ1v) is 37.1. The molecule has 0 aliphatic heterocycles. The van der Waals surface area contributed by atoms with Crippen LogP contribution in [0.4, 0.5) is 0 Å². The van der Waals surface area contributed by atoms with Gasteiger partial charge in [0.2, 0.25) is 5.91 Å². The van der Waals surface area contributed by atoms with E-state index in [1.54, 1.807) is 6.08 Å². The lowest BCUT2D eigenvalue weighted by Gasteiger charge is -2.20. The van der Waals surface area contributed by atoms with E-state index in [1.807, 2.05) is 6.08 Å².